The van der Waals surface area contributed by atoms with E-state index in [1.165, 1.54) is 25.3 Å². The number of benzene rings is 1. The summed E-state index contributed by atoms with van der Waals surface area (Å²) in [7, 11) is 1.44. The van der Waals surface area contributed by atoms with Crippen LogP contribution in [0.5, 0.6) is 0 Å². The summed E-state index contributed by atoms with van der Waals surface area (Å²) in [5, 5.41) is 2.47. The van der Waals surface area contributed by atoms with E-state index >= 15 is 0 Å². The number of rotatable bonds is 4. The van der Waals surface area contributed by atoms with E-state index in [1.807, 2.05) is 6.92 Å². The van der Waals surface area contributed by atoms with Gasteiger partial charge in [0.1, 0.15) is 11.4 Å². The maximum absolute atomic E-state index is 13.4. The molecule has 0 aliphatic carbocycles. The molecule has 1 aromatic rings. The molecule has 0 bridgehead atoms. The normalized spacial score (nSPS) is 14.1. The van der Waals surface area contributed by atoms with Crippen LogP contribution < -0.4 is 11.1 Å². The van der Waals surface area contributed by atoms with E-state index in [1.54, 1.807) is 6.92 Å². The van der Waals surface area contributed by atoms with Gasteiger partial charge < -0.3 is 15.8 Å². The number of halogens is 1. The summed E-state index contributed by atoms with van der Waals surface area (Å²) >= 11 is 0. The number of methoxy groups -OCH3 is 1. The fraction of sp³-hybridized carbons (Fsp3) is 0.417. The number of carbonyl (C=O) groups is 1. The van der Waals surface area contributed by atoms with Gasteiger partial charge in [-0.25, -0.2) is 4.39 Å². The van der Waals surface area contributed by atoms with Gasteiger partial charge in [-0.2, -0.15) is 0 Å². The molecule has 0 radical (unpaired) electrons. The van der Waals surface area contributed by atoms with Gasteiger partial charge in [0.2, 0.25) is 0 Å². The topological polar surface area (TPSA) is 64.3 Å². The Kier molecular flexibility index (Phi) is 4.07. The van der Waals surface area contributed by atoms with Crippen LogP contribution >= 0.6 is 0 Å². The van der Waals surface area contributed by atoms with Crippen LogP contribution in [0, 0.1) is 5.82 Å². The molecular formula is C12H17FN2O2. The van der Waals surface area contributed by atoms with Gasteiger partial charge in [-0.1, -0.05) is 6.92 Å². The summed E-state index contributed by atoms with van der Waals surface area (Å²) in [4.78, 5) is 11.9. The smallest absolute Gasteiger partial charge is 0.256 e. The number of amides is 1. The first-order valence-electron chi connectivity index (χ1n) is 5.34. The average molecular weight is 240 g/mol. The molecular weight excluding hydrogens is 223 g/mol. The van der Waals surface area contributed by atoms with Gasteiger partial charge in [0.05, 0.1) is 5.69 Å². The fourth-order valence-electron chi connectivity index (χ4n) is 1.29. The van der Waals surface area contributed by atoms with E-state index in [0.29, 0.717) is 12.1 Å². The van der Waals surface area contributed by atoms with Crippen LogP contribution in [0.4, 0.5) is 15.8 Å². The molecule has 17 heavy (non-hydrogen) atoms. The van der Waals surface area contributed by atoms with Crippen molar-refractivity contribution >= 4 is 17.3 Å². The number of anilines is 2. The Morgan fingerprint density at radius 1 is 1.59 bits per heavy atom. The Balaban J connectivity index is 2.91. The number of carbonyl (C=O) groups excluding carboxylic acids is 1. The lowest BCUT2D eigenvalue weighted by Gasteiger charge is -2.25. The Morgan fingerprint density at radius 2 is 2.24 bits per heavy atom. The Morgan fingerprint density at radius 3 is 2.76 bits per heavy atom. The van der Waals surface area contributed by atoms with Crippen LogP contribution in [0.2, 0.25) is 0 Å². The number of nitrogen functional groups attached to an aromatic ring is 1. The first kappa shape index (κ1) is 13.4. The number of hydrogen-bond donors (Lipinski definition) is 2. The average Bonchev–Trinajstić information content (AvgIpc) is 2.32. The second-order valence-corrected chi connectivity index (χ2v) is 3.98. The molecule has 3 N–H and O–H groups in total. The molecule has 94 valence electrons. The van der Waals surface area contributed by atoms with E-state index in [4.69, 9.17) is 10.5 Å². The standard InChI is InChI=1S/C12H17FN2O2/c1-4-12(2,17-3)11(16)15-10-7-8(14)5-6-9(10)13/h5-7H,4,14H2,1-3H3,(H,15,16). The molecule has 1 rings (SSSR count). The number of ether oxygens (including phenoxy) is 1. The van der Waals surface area contributed by atoms with Gasteiger partial charge in [-0.05, 0) is 31.5 Å². The summed E-state index contributed by atoms with van der Waals surface area (Å²) in [6, 6.07) is 4.01. The van der Waals surface area contributed by atoms with Crippen LogP contribution in [-0.4, -0.2) is 18.6 Å². The molecule has 1 atom stereocenters. The highest BCUT2D eigenvalue weighted by Crippen LogP contribution is 2.21. The zero-order chi connectivity index (χ0) is 13.1. The zero-order valence-electron chi connectivity index (χ0n) is 10.2. The molecule has 0 aliphatic heterocycles. The molecule has 0 spiro atoms. The predicted molar refractivity (Wildman–Crippen MR) is 65.1 cm³/mol. The van der Waals surface area contributed by atoms with Crippen molar-refractivity contribution in [2.45, 2.75) is 25.9 Å². The van der Waals surface area contributed by atoms with Crippen molar-refractivity contribution in [2.75, 3.05) is 18.2 Å². The van der Waals surface area contributed by atoms with Crippen LogP contribution in [0.1, 0.15) is 20.3 Å². The molecule has 0 aliphatic rings. The summed E-state index contributed by atoms with van der Waals surface area (Å²) in [5.74, 6) is -0.922. The lowest BCUT2D eigenvalue weighted by atomic mass is 10.0. The highest BCUT2D eigenvalue weighted by molar-refractivity contribution is 5.97. The minimum absolute atomic E-state index is 0.0618. The van der Waals surface area contributed by atoms with Crippen LogP contribution in [0.3, 0.4) is 0 Å². The van der Waals surface area contributed by atoms with Gasteiger partial charge in [0.25, 0.3) is 5.91 Å². The monoisotopic (exact) mass is 240 g/mol. The molecule has 0 aromatic heterocycles. The molecule has 1 unspecified atom stereocenters. The summed E-state index contributed by atoms with van der Waals surface area (Å²) in [5.41, 5.74) is 5.00. The zero-order valence-corrected chi connectivity index (χ0v) is 10.2. The second kappa shape index (κ2) is 5.14. The number of nitrogens with one attached hydrogen (secondary N) is 1. The van der Waals surface area contributed by atoms with Gasteiger partial charge in [-0.3, -0.25) is 4.79 Å². The third-order valence-corrected chi connectivity index (χ3v) is 2.84. The lowest BCUT2D eigenvalue weighted by Crippen LogP contribution is -2.41. The Bertz CT molecular complexity index is 417. The van der Waals surface area contributed by atoms with Crippen molar-refractivity contribution in [1.29, 1.82) is 0 Å². The summed E-state index contributed by atoms with van der Waals surface area (Å²) in [6.45, 7) is 3.46. The van der Waals surface area contributed by atoms with Gasteiger partial charge in [-0.15, -0.1) is 0 Å². The molecule has 1 amide bonds. The van der Waals surface area contributed by atoms with E-state index < -0.39 is 17.3 Å². The maximum Gasteiger partial charge on any atom is 0.256 e. The van der Waals surface area contributed by atoms with Gasteiger partial charge >= 0.3 is 0 Å². The summed E-state index contributed by atoms with van der Waals surface area (Å²) < 4.78 is 18.5. The Hall–Kier alpha value is -1.62. The van der Waals surface area contributed by atoms with E-state index in [-0.39, 0.29) is 5.69 Å². The summed E-state index contributed by atoms with van der Waals surface area (Å²) in [6.07, 6.45) is 0.485. The molecule has 4 nitrogen and oxygen atoms in total. The first-order chi connectivity index (χ1) is 7.92. The van der Waals surface area contributed by atoms with E-state index in [9.17, 15) is 9.18 Å². The number of hydrogen-bond acceptors (Lipinski definition) is 3. The van der Waals surface area contributed by atoms with Crippen LogP contribution in [0.25, 0.3) is 0 Å². The van der Waals surface area contributed by atoms with E-state index in [0.717, 1.165) is 0 Å². The van der Waals surface area contributed by atoms with Crippen molar-refractivity contribution in [1.82, 2.24) is 0 Å². The SMILES string of the molecule is CCC(C)(OC)C(=O)Nc1cc(N)ccc1F. The Labute approximate surface area is 100.0 Å². The van der Waals surface area contributed by atoms with Crippen molar-refractivity contribution in [3.8, 4) is 0 Å². The minimum atomic E-state index is -0.975. The third kappa shape index (κ3) is 2.94. The van der Waals surface area contributed by atoms with Crippen molar-refractivity contribution < 1.29 is 13.9 Å². The van der Waals surface area contributed by atoms with Gasteiger partial charge in [0, 0.05) is 12.8 Å². The molecule has 0 fully saturated rings. The minimum Gasteiger partial charge on any atom is -0.399 e. The predicted octanol–water partition coefficient (Wildman–Crippen LogP) is 2.16. The lowest BCUT2D eigenvalue weighted by molar-refractivity contribution is -0.136. The quantitative estimate of drug-likeness (QED) is 0.793. The first-order valence-corrected chi connectivity index (χ1v) is 5.34. The second-order valence-electron chi connectivity index (χ2n) is 3.98. The fourth-order valence-corrected chi connectivity index (χ4v) is 1.29. The van der Waals surface area contributed by atoms with E-state index in [2.05, 4.69) is 5.32 Å². The molecule has 0 saturated carbocycles. The van der Waals surface area contributed by atoms with Gasteiger partial charge in [0.15, 0.2) is 0 Å². The van der Waals surface area contributed by atoms with Crippen molar-refractivity contribution in [3.63, 3.8) is 0 Å². The molecule has 0 heterocycles. The molecule has 0 saturated heterocycles. The maximum atomic E-state index is 13.4. The number of nitrogens with two attached hydrogens (primary N) is 1. The molecule has 1 aromatic carbocycles. The third-order valence-electron chi connectivity index (χ3n) is 2.84. The van der Waals surface area contributed by atoms with Crippen LogP contribution in [0.15, 0.2) is 18.2 Å². The highest BCUT2D eigenvalue weighted by atomic mass is 19.1. The van der Waals surface area contributed by atoms with Crippen LogP contribution in [-0.2, 0) is 9.53 Å². The molecule has 5 heteroatoms. The highest BCUT2D eigenvalue weighted by Gasteiger charge is 2.31. The van der Waals surface area contributed by atoms with Crippen molar-refractivity contribution in [3.05, 3.63) is 24.0 Å². The van der Waals surface area contributed by atoms with Crippen molar-refractivity contribution in [2.24, 2.45) is 0 Å². The largest absolute Gasteiger partial charge is 0.399 e.